The largest absolute Gasteiger partial charge is 0.461 e. The van der Waals surface area contributed by atoms with Crippen LogP contribution in [0.5, 0.6) is 0 Å². The van der Waals surface area contributed by atoms with E-state index in [1.54, 1.807) is 0 Å². The summed E-state index contributed by atoms with van der Waals surface area (Å²) in [6, 6.07) is 8.08. The van der Waals surface area contributed by atoms with Crippen molar-refractivity contribution in [3.8, 4) is 0 Å². The molecule has 2 rings (SSSR count). The van der Waals surface area contributed by atoms with Crippen LogP contribution in [0.15, 0.2) is 46.9 Å². The number of benzene rings is 1. The quantitative estimate of drug-likeness (QED) is 0.654. The number of para-hydroxylation sites is 1. The second kappa shape index (κ2) is 3.77. The van der Waals surface area contributed by atoms with Crippen molar-refractivity contribution in [1.82, 2.24) is 0 Å². The minimum atomic E-state index is 0.943. The van der Waals surface area contributed by atoms with Crippen LogP contribution in [0.3, 0.4) is 0 Å². The van der Waals surface area contributed by atoms with Gasteiger partial charge < -0.3 is 4.42 Å². The van der Waals surface area contributed by atoms with Gasteiger partial charge in [-0.2, -0.15) is 0 Å². The highest BCUT2D eigenvalue weighted by molar-refractivity contribution is 5.89. The third-order valence-corrected chi connectivity index (χ3v) is 2.51. The summed E-state index contributed by atoms with van der Waals surface area (Å²) >= 11 is 0. The van der Waals surface area contributed by atoms with Crippen LogP contribution >= 0.6 is 0 Å². The molecule has 76 valence electrons. The van der Waals surface area contributed by atoms with Crippen LogP contribution < -0.4 is 0 Å². The molecule has 0 aliphatic heterocycles. The highest BCUT2D eigenvalue weighted by Crippen LogP contribution is 2.27. The Morgan fingerprint density at radius 3 is 2.80 bits per heavy atom. The molecule has 1 heteroatoms. The first-order valence-corrected chi connectivity index (χ1v) is 5.01. The molecule has 0 unspecified atom stereocenters. The van der Waals surface area contributed by atoms with Gasteiger partial charge in [0.05, 0.1) is 0 Å². The average molecular weight is 198 g/mol. The molecule has 1 heterocycles. The summed E-state index contributed by atoms with van der Waals surface area (Å²) in [7, 11) is 0. The molecule has 1 aromatic carbocycles. The van der Waals surface area contributed by atoms with E-state index in [0.29, 0.717) is 0 Å². The highest BCUT2D eigenvalue weighted by Gasteiger charge is 2.07. The van der Waals surface area contributed by atoms with E-state index >= 15 is 0 Å². The number of hydrogen-bond donors (Lipinski definition) is 0. The van der Waals surface area contributed by atoms with E-state index in [4.69, 9.17) is 4.42 Å². The van der Waals surface area contributed by atoms with Gasteiger partial charge in [-0.25, -0.2) is 0 Å². The first kappa shape index (κ1) is 9.78. The van der Waals surface area contributed by atoms with Gasteiger partial charge in [0.2, 0.25) is 0 Å². The van der Waals surface area contributed by atoms with E-state index in [0.717, 1.165) is 27.9 Å². The lowest BCUT2D eigenvalue weighted by molar-refractivity contribution is 0.577. The van der Waals surface area contributed by atoms with Crippen LogP contribution in [0.2, 0.25) is 0 Å². The van der Waals surface area contributed by atoms with Crippen LogP contribution in [-0.2, 0) is 0 Å². The molecule has 0 N–H and O–H groups in total. The Morgan fingerprint density at radius 1 is 1.33 bits per heavy atom. The fraction of sp³-hybridized carbons (Fsp3) is 0.143. The van der Waals surface area contributed by atoms with Gasteiger partial charge in [0, 0.05) is 10.9 Å². The normalized spacial score (nSPS) is 12.0. The minimum absolute atomic E-state index is 0.943. The molecule has 1 aromatic heterocycles. The van der Waals surface area contributed by atoms with Crippen molar-refractivity contribution in [2.24, 2.45) is 0 Å². The predicted molar refractivity (Wildman–Crippen MR) is 64.8 cm³/mol. The van der Waals surface area contributed by atoms with Crippen LogP contribution in [0.4, 0.5) is 0 Å². The Labute approximate surface area is 89.7 Å². The zero-order chi connectivity index (χ0) is 10.8. The number of allylic oxidation sites excluding steroid dienone is 2. The summed E-state index contributed by atoms with van der Waals surface area (Å²) in [4.78, 5) is 0. The van der Waals surface area contributed by atoms with Gasteiger partial charge in [0.15, 0.2) is 0 Å². The van der Waals surface area contributed by atoms with Gasteiger partial charge in [0.1, 0.15) is 11.3 Å². The van der Waals surface area contributed by atoms with Gasteiger partial charge >= 0.3 is 0 Å². The average Bonchev–Trinajstić information content (AvgIpc) is 2.55. The van der Waals surface area contributed by atoms with E-state index in [2.05, 4.69) is 18.7 Å². The van der Waals surface area contributed by atoms with Crippen molar-refractivity contribution in [2.75, 3.05) is 0 Å². The summed E-state index contributed by atoms with van der Waals surface area (Å²) < 4.78 is 5.67. The van der Waals surface area contributed by atoms with Gasteiger partial charge in [-0.3, -0.25) is 0 Å². The lowest BCUT2D eigenvalue weighted by Gasteiger charge is -1.93. The first-order valence-electron chi connectivity index (χ1n) is 5.01. The van der Waals surface area contributed by atoms with Crippen LogP contribution in [0.1, 0.15) is 18.2 Å². The monoisotopic (exact) mass is 198 g/mol. The van der Waals surface area contributed by atoms with Crippen molar-refractivity contribution in [2.45, 2.75) is 13.8 Å². The summed E-state index contributed by atoms with van der Waals surface area (Å²) in [5, 5.41) is 1.16. The molecular formula is C14H14O. The van der Waals surface area contributed by atoms with E-state index in [1.807, 2.05) is 38.1 Å². The molecule has 1 nitrogen and oxygen atoms in total. The number of hydrogen-bond acceptors (Lipinski definition) is 1. The van der Waals surface area contributed by atoms with E-state index < -0.39 is 0 Å². The van der Waals surface area contributed by atoms with E-state index in [-0.39, 0.29) is 0 Å². The molecule has 0 aliphatic carbocycles. The second-order valence-corrected chi connectivity index (χ2v) is 3.66. The molecule has 15 heavy (non-hydrogen) atoms. The minimum Gasteiger partial charge on any atom is -0.461 e. The predicted octanol–water partition coefficient (Wildman–Crippen LogP) is 4.33. The molecule has 2 aromatic rings. The maximum Gasteiger partial charge on any atom is 0.134 e. The second-order valence-electron chi connectivity index (χ2n) is 3.66. The lowest BCUT2D eigenvalue weighted by Crippen LogP contribution is -1.74. The summed E-state index contributed by atoms with van der Waals surface area (Å²) in [6.45, 7) is 7.78. The molecule has 0 amide bonds. The zero-order valence-electron chi connectivity index (χ0n) is 9.08. The third kappa shape index (κ3) is 1.73. The van der Waals surface area contributed by atoms with Crippen LogP contribution in [-0.4, -0.2) is 0 Å². The van der Waals surface area contributed by atoms with Gasteiger partial charge in [-0.15, -0.1) is 0 Å². The fourth-order valence-corrected chi connectivity index (χ4v) is 1.65. The van der Waals surface area contributed by atoms with Gasteiger partial charge in [0.25, 0.3) is 0 Å². The van der Waals surface area contributed by atoms with Gasteiger partial charge in [-0.1, -0.05) is 36.4 Å². The van der Waals surface area contributed by atoms with Crippen molar-refractivity contribution >= 4 is 17.0 Å². The van der Waals surface area contributed by atoms with E-state index in [1.165, 1.54) is 0 Å². The molecule has 0 aliphatic rings. The summed E-state index contributed by atoms with van der Waals surface area (Å²) in [6.07, 6.45) is 3.95. The molecule has 0 spiro atoms. The summed E-state index contributed by atoms with van der Waals surface area (Å²) in [5.41, 5.74) is 3.24. The van der Waals surface area contributed by atoms with Crippen molar-refractivity contribution in [3.63, 3.8) is 0 Å². The molecule has 0 saturated heterocycles. The van der Waals surface area contributed by atoms with Crippen LogP contribution in [0.25, 0.3) is 17.0 Å². The third-order valence-electron chi connectivity index (χ3n) is 2.51. The maximum atomic E-state index is 5.67. The summed E-state index contributed by atoms with van der Waals surface area (Å²) in [5.74, 6) is 0.956. The van der Waals surface area contributed by atoms with Crippen molar-refractivity contribution in [3.05, 3.63) is 53.8 Å². The van der Waals surface area contributed by atoms with Gasteiger partial charge in [-0.05, 0) is 26.0 Å². The smallest absolute Gasteiger partial charge is 0.134 e. The number of aryl methyl sites for hydroxylation is 1. The first-order chi connectivity index (χ1) is 7.22. The number of furan rings is 1. The molecule has 0 fully saturated rings. The molecule has 0 saturated carbocycles. The Hall–Kier alpha value is -1.76. The Kier molecular flexibility index (Phi) is 2.46. The van der Waals surface area contributed by atoms with Crippen molar-refractivity contribution < 1.29 is 4.42 Å². The standard InChI is InChI=1S/C14H14O/c1-4-10(2)9-13-11(3)15-14-8-6-5-7-12(13)14/h4-9H,1H2,2-3H3/b10-9-. The fourth-order valence-electron chi connectivity index (χ4n) is 1.65. The van der Waals surface area contributed by atoms with Crippen molar-refractivity contribution in [1.29, 1.82) is 0 Å². The van der Waals surface area contributed by atoms with Crippen LogP contribution in [0, 0.1) is 6.92 Å². The maximum absolute atomic E-state index is 5.67. The molecule has 0 atom stereocenters. The lowest BCUT2D eigenvalue weighted by atomic mass is 10.1. The Morgan fingerprint density at radius 2 is 2.07 bits per heavy atom. The van der Waals surface area contributed by atoms with E-state index in [9.17, 15) is 0 Å². The molecule has 0 radical (unpaired) electrons. The number of rotatable bonds is 2. The Balaban J connectivity index is 2.69. The number of fused-ring (bicyclic) bond motifs is 1. The molecule has 0 bridgehead atoms. The topological polar surface area (TPSA) is 13.1 Å². The zero-order valence-corrected chi connectivity index (χ0v) is 9.08. The SMILES string of the molecule is C=C/C(C)=C\c1c(C)oc2ccccc12. The highest BCUT2D eigenvalue weighted by atomic mass is 16.3. The Bertz CT molecular complexity index is 529. The molecular weight excluding hydrogens is 184 g/mol.